The van der Waals surface area contributed by atoms with E-state index in [4.69, 9.17) is 14.2 Å². The van der Waals surface area contributed by atoms with E-state index in [1.54, 1.807) is 24.7 Å². The molecular weight excluding hydrogens is 274 g/mol. The highest BCUT2D eigenvalue weighted by molar-refractivity contribution is 6.14. The molecule has 0 N–H and O–H groups in total. The number of hydrogen-bond acceptors (Lipinski definition) is 5. The Morgan fingerprint density at radius 3 is 2.14 bits per heavy atom. The SMILES string of the molecule is COC(=O)c1c(C)c(OC)c2ccn(C)c2c1C(=O)OC. The Morgan fingerprint density at radius 2 is 1.62 bits per heavy atom. The van der Waals surface area contributed by atoms with Gasteiger partial charge in [0.25, 0.3) is 0 Å². The molecule has 0 aliphatic rings. The van der Waals surface area contributed by atoms with Crippen LogP contribution in [0, 0.1) is 6.92 Å². The van der Waals surface area contributed by atoms with Crippen LogP contribution < -0.4 is 4.74 Å². The van der Waals surface area contributed by atoms with Crippen molar-refractivity contribution in [3.05, 3.63) is 29.0 Å². The van der Waals surface area contributed by atoms with Gasteiger partial charge < -0.3 is 18.8 Å². The van der Waals surface area contributed by atoms with Crippen LogP contribution in [0.4, 0.5) is 0 Å². The molecule has 0 atom stereocenters. The average Bonchev–Trinajstić information content (AvgIpc) is 2.86. The van der Waals surface area contributed by atoms with Gasteiger partial charge in [0.05, 0.1) is 38.0 Å². The van der Waals surface area contributed by atoms with Crippen LogP contribution >= 0.6 is 0 Å². The van der Waals surface area contributed by atoms with Gasteiger partial charge in [0.2, 0.25) is 0 Å². The molecule has 1 aromatic heterocycles. The molecule has 1 heterocycles. The summed E-state index contributed by atoms with van der Waals surface area (Å²) in [5, 5.41) is 0.741. The minimum Gasteiger partial charge on any atom is -0.496 e. The molecule has 21 heavy (non-hydrogen) atoms. The molecule has 112 valence electrons. The zero-order valence-corrected chi connectivity index (χ0v) is 12.6. The molecule has 0 bridgehead atoms. The van der Waals surface area contributed by atoms with Crippen LogP contribution in [0.5, 0.6) is 5.75 Å². The first-order valence-corrected chi connectivity index (χ1v) is 6.30. The number of rotatable bonds is 3. The molecule has 0 amide bonds. The highest BCUT2D eigenvalue weighted by Gasteiger charge is 2.29. The monoisotopic (exact) mass is 291 g/mol. The Balaban J connectivity index is 3.03. The number of benzene rings is 1. The lowest BCUT2D eigenvalue weighted by Gasteiger charge is -2.16. The van der Waals surface area contributed by atoms with E-state index in [9.17, 15) is 9.59 Å². The second-order valence-corrected chi connectivity index (χ2v) is 4.58. The van der Waals surface area contributed by atoms with Crippen LogP contribution in [0.15, 0.2) is 12.3 Å². The first-order valence-electron chi connectivity index (χ1n) is 6.30. The minimum absolute atomic E-state index is 0.163. The molecule has 0 fully saturated rings. The number of carbonyl (C=O) groups excluding carboxylic acids is 2. The summed E-state index contributed by atoms with van der Waals surface area (Å²) in [6.45, 7) is 1.71. The maximum atomic E-state index is 12.2. The maximum absolute atomic E-state index is 12.2. The van der Waals surface area contributed by atoms with Crippen LogP contribution in [-0.4, -0.2) is 37.8 Å². The van der Waals surface area contributed by atoms with Crippen molar-refractivity contribution in [2.24, 2.45) is 7.05 Å². The van der Waals surface area contributed by atoms with E-state index in [0.717, 1.165) is 5.39 Å². The first kappa shape index (κ1) is 14.9. The molecule has 6 heteroatoms. The number of fused-ring (bicyclic) bond motifs is 1. The van der Waals surface area contributed by atoms with Crippen LogP contribution in [0.3, 0.4) is 0 Å². The molecule has 0 aliphatic heterocycles. The summed E-state index contributed by atoms with van der Waals surface area (Å²) in [5.74, 6) is -0.652. The number of aryl methyl sites for hydroxylation is 1. The van der Waals surface area contributed by atoms with Gasteiger partial charge in [0.1, 0.15) is 5.75 Å². The normalized spacial score (nSPS) is 10.5. The summed E-state index contributed by atoms with van der Waals surface area (Å²) in [6, 6.07) is 1.83. The quantitative estimate of drug-likeness (QED) is 0.810. The zero-order chi connectivity index (χ0) is 15.7. The Labute approximate surface area is 122 Å². The third kappa shape index (κ3) is 2.12. The molecular formula is C15H17NO5. The molecule has 0 saturated heterocycles. The van der Waals surface area contributed by atoms with Crippen LogP contribution in [-0.2, 0) is 16.5 Å². The fraction of sp³-hybridized carbons (Fsp3) is 0.333. The average molecular weight is 291 g/mol. The summed E-state index contributed by atoms with van der Waals surface area (Å²) in [7, 11) is 5.85. The predicted octanol–water partition coefficient (Wildman–Crippen LogP) is 2.07. The zero-order valence-electron chi connectivity index (χ0n) is 12.6. The third-order valence-corrected chi connectivity index (χ3v) is 3.50. The molecule has 0 unspecified atom stereocenters. The van der Waals surface area contributed by atoms with Gasteiger partial charge in [-0.15, -0.1) is 0 Å². The molecule has 0 radical (unpaired) electrons. The maximum Gasteiger partial charge on any atom is 0.340 e. The lowest BCUT2D eigenvalue weighted by atomic mass is 9.97. The molecule has 0 aliphatic carbocycles. The summed E-state index contributed by atoms with van der Waals surface area (Å²) in [5.41, 5.74) is 1.47. The van der Waals surface area contributed by atoms with E-state index >= 15 is 0 Å². The number of carbonyl (C=O) groups is 2. The van der Waals surface area contributed by atoms with Gasteiger partial charge in [0, 0.05) is 24.2 Å². The van der Waals surface area contributed by atoms with Crippen LogP contribution in [0.2, 0.25) is 0 Å². The van der Waals surface area contributed by atoms with E-state index in [0.29, 0.717) is 16.8 Å². The van der Waals surface area contributed by atoms with Gasteiger partial charge >= 0.3 is 11.9 Å². The summed E-state index contributed by atoms with van der Waals surface area (Å²) >= 11 is 0. The van der Waals surface area contributed by atoms with Crippen molar-refractivity contribution in [3.8, 4) is 5.75 Å². The number of methoxy groups -OCH3 is 3. The summed E-state index contributed by atoms with van der Waals surface area (Å²) < 4.78 is 16.8. The second kappa shape index (κ2) is 5.47. The Hall–Kier alpha value is -2.50. The van der Waals surface area contributed by atoms with Gasteiger partial charge in [-0.2, -0.15) is 0 Å². The van der Waals surface area contributed by atoms with Gasteiger partial charge in [-0.25, -0.2) is 9.59 Å². The number of aromatic nitrogens is 1. The Bertz CT molecular complexity index is 729. The fourth-order valence-electron chi connectivity index (χ4n) is 2.57. The number of esters is 2. The summed E-state index contributed by atoms with van der Waals surface area (Å²) in [6.07, 6.45) is 1.79. The molecule has 6 nitrogen and oxygen atoms in total. The van der Waals surface area contributed by atoms with Crippen molar-refractivity contribution in [2.75, 3.05) is 21.3 Å². The van der Waals surface area contributed by atoms with Crippen molar-refractivity contribution in [1.29, 1.82) is 0 Å². The highest BCUT2D eigenvalue weighted by atomic mass is 16.5. The van der Waals surface area contributed by atoms with E-state index < -0.39 is 11.9 Å². The number of ether oxygens (including phenoxy) is 3. The molecule has 2 rings (SSSR count). The lowest BCUT2D eigenvalue weighted by molar-refractivity contribution is 0.0555. The van der Waals surface area contributed by atoms with Crippen molar-refractivity contribution < 1.29 is 23.8 Å². The summed E-state index contributed by atoms with van der Waals surface area (Å²) in [4.78, 5) is 24.3. The lowest BCUT2D eigenvalue weighted by Crippen LogP contribution is -2.16. The Morgan fingerprint density at radius 1 is 1.05 bits per heavy atom. The minimum atomic E-state index is -0.602. The number of hydrogen-bond donors (Lipinski definition) is 0. The van der Waals surface area contributed by atoms with Crippen molar-refractivity contribution in [3.63, 3.8) is 0 Å². The second-order valence-electron chi connectivity index (χ2n) is 4.58. The van der Waals surface area contributed by atoms with Gasteiger partial charge in [-0.1, -0.05) is 0 Å². The van der Waals surface area contributed by atoms with Crippen molar-refractivity contribution in [2.45, 2.75) is 6.92 Å². The highest BCUT2D eigenvalue weighted by Crippen LogP contribution is 2.37. The van der Waals surface area contributed by atoms with E-state index in [1.807, 2.05) is 6.07 Å². The van der Waals surface area contributed by atoms with E-state index in [1.165, 1.54) is 21.3 Å². The standard InChI is InChI=1S/C15H17NO5/c1-8-10(14(17)20-4)11(15(18)21-5)12-9(13(8)19-3)6-7-16(12)2/h6-7H,1-5H3. The first-order chi connectivity index (χ1) is 9.97. The third-order valence-electron chi connectivity index (χ3n) is 3.50. The van der Waals surface area contributed by atoms with Gasteiger partial charge in [-0.05, 0) is 13.0 Å². The van der Waals surface area contributed by atoms with Crippen LogP contribution in [0.25, 0.3) is 10.9 Å². The molecule has 0 spiro atoms. The van der Waals surface area contributed by atoms with Crippen molar-refractivity contribution >= 4 is 22.8 Å². The smallest absolute Gasteiger partial charge is 0.340 e. The fourth-order valence-corrected chi connectivity index (χ4v) is 2.57. The topological polar surface area (TPSA) is 66.8 Å². The molecule has 1 aromatic carbocycles. The molecule has 2 aromatic rings. The number of nitrogens with zero attached hydrogens (tertiary/aromatic N) is 1. The van der Waals surface area contributed by atoms with E-state index in [2.05, 4.69) is 0 Å². The van der Waals surface area contributed by atoms with Gasteiger partial charge in [-0.3, -0.25) is 0 Å². The van der Waals surface area contributed by atoms with Crippen LogP contribution in [0.1, 0.15) is 26.3 Å². The van der Waals surface area contributed by atoms with E-state index in [-0.39, 0.29) is 11.1 Å². The van der Waals surface area contributed by atoms with Gasteiger partial charge in [0.15, 0.2) is 0 Å². The largest absolute Gasteiger partial charge is 0.496 e. The Kier molecular flexibility index (Phi) is 3.88. The predicted molar refractivity (Wildman–Crippen MR) is 76.9 cm³/mol. The van der Waals surface area contributed by atoms with Crippen molar-refractivity contribution in [1.82, 2.24) is 4.57 Å². The molecule has 0 saturated carbocycles.